The molecule has 4 nitrogen and oxygen atoms in total. The van der Waals surface area contributed by atoms with Crippen molar-refractivity contribution in [3.63, 3.8) is 0 Å². The van der Waals surface area contributed by atoms with Crippen LogP contribution in [0.4, 0.5) is 0 Å². The average molecular weight is 330 g/mol. The largest absolute Gasteiger partial charge is 0.492 e. The Morgan fingerprint density at radius 1 is 1.19 bits per heavy atom. The van der Waals surface area contributed by atoms with Gasteiger partial charge in [-0.15, -0.1) is 0 Å². The second kappa shape index (κ2) is 11.6. The van der Waals surface area contributed by atoms with Crippen LogP contribution in [0.15, 0.2) is 29.3 Å². The molecule has 2 N–H and O–H groups in total. The molecular weight excluding hydrogens is 306 g/mol. The topological polar surface area (TPSA) is 45.7 Å². The number of guanidine groups is 1. The van der Waals surface area contributed by atoms with Gasteiger partial charge in [0.2, 0.25) is 0 Å². The van der Waals surface area contributed by atoms with Crippen LogP contribution in [0.2, 0.25) is 5.02 Å². The van der Waals surface area contributed by atoms with Gasteiger partial charge in [0.05, 0.1) is 6.54 Å². The fourth-order valence-electron chi connectivity index (χ4n) is 1.67. The van der Waals surface area contributed by atoms with Gasteiger partial charge in [0.25, 0.3) is 0 Å². The van der Waals surface area contributed by atoms with Gasteiger partial charge < -0.3 is 15.4 Å². The Bertz CT molecular complexity index is 412. The zero-order valence-corrected chi connectivity index (χ0v) is 14.3. The predicted molar refractivity (Wildman–Crippen MR) is 93.9 cm³/mol. The third-order valence-electron chi connectivity index (χ3n) is 2.77. The van der Waals surface area contributed by atoms with Gasteiger partial charge in [-0.3, -0.25) is 4.99 Å². The maximum atomic E-state index is 5.82. The number of halogens is 1. The molecule has 0 saturated carbocycles. The molecule has 0 aliphatic carbocycles. The molecular formula is C15H24ClN3OS. The lowest BCUT2D eigenvalue weighted by molar-refractivity contribution is 0.322. The summed E-state index contributed by atoms with van der Waals surface area (Å²) in [5.74, 6) is 2.85. The van der Waals surface area contributed by atoms with Crippen molar-refractivity contribution in [3.8, 4) is 5.75 Å². The van der Waals surface area contributed by atoms with Crippen molar-refractivity contribution in [2.24, 2.45) is 4.99 Å². The van der Waals surface area contributed by atoms with E-state index in [1.54, 1.807) is 7.05 Å². The van der Waals surface area contributed by atoms with Gasteiger partial charge in [-0.1, -0.05) is 11.6 Å². The number of nitrogens with one attached hydrogen (secondary N) is 2. The monoisotopic (exact) mass is 329 g/mol. The Kier molecular flexibility index (Phi) is 9.91. The molecule has 1 rings (SSSR count). The van der Waals surface area contributed by atoms with Crippen LogP contribution in [0.25, 0.3) is 0 Å². The molecule has 0 heterocycles. The molecule has 0 aliphatic rings. The number of thioether (sulfide) groups is 1. The summed E-state index contributed by atoms with van der Waals surface area (Å²) >= 11 is 7.70. The van der Waals surface area contributed by atoms with Crippen LogP contribution in [-0.4, -0.2) is 44.7 Å². The summed E-state index contributed by atoms with van der Waals surface area (Å²) in [5.41, 5.74) is 0. The summed E-state index contributed by atoms with van der Waals surface area (Å²) in [7, 11) is 1.78. The molecule has 1 aromatic carbocycles. The number of nitrogens with zero attached hydrogens (tertiary/aromatic N) is 1. The highest BCUT2D eigenvalue weighted by atomic mass is 35.5. The standard InChI is InChI=1S/C15H24ClN3OS/c1-17-15(18-9-3-4-12-21-2)19-10-11-20-14-7-5-13(16)6-8-14/h5-8H,3-4,9-12H2,1-2H3,(H2,17,18,19). The minimum Gasteiger partial charge on any atom is -0.492 e. The van der Waals surface area contributed by atoms with Gasteiger partial charge in [0, 0.05) is 18.6 Å². The quantitative estimate of drug-likeness (QED) is 0.415. The van der Waals surface area contributed by atoms with E-state index in [0.717, 1.165) is 24.7 Å². The van der Waals surface area contributed by atoms with E-state index in [4.69, 9.17) is 16.3 Å². The van der Waals surface area contributed by atoms with E-state index >= 15 is 0 Å². The smallest absolute Gasteiger partial charge is 0.191 e. The highest BCUT2D eigenvalue weighted by molar-refractivity contribution is 7.98. The molecule has 1 aromatic rings. The maximum absolute atomic E-state index is 5.82. The summed E-state index contributed by atoms with van der Waals surface area (Å²) in [6.45, 7) is 2.22. The number of hydrogen-bond donors (Lipinski definition) is 2. The van der Waals surface area contributed by atoms with Crippen molar-refractivity contribution in [2.75, 3.05) is 38.8 Å². The number of benzene rings is 1. The molecule has 0 fully saturated rings. The van der Waals surface area contributed by atoms with Crippen molar-refractivity contribution >= 4 is 29.3 Å². The molecule has 0 atom stereocenters. The Hall–Kier alpha value is -1.07. The minimum absolute atomic E-state index is 0.578. The first-order valence-electron chi connectivity index (χ1n) is 7.08. The van der Waals surface area contributed by atoms with E-state index in [0.29, 0.717) is 18.2 Å². The second-order valence-electron chi connectivity index (χ2n) is 4.43. The highest BCUT2D eigenvalue weighted by Crippen LogP contribution is 2.14. The third kappa shape index (κ3) is 8.73. The van der Waals surface area contributed by atoms with E-state index in [2.05, 4.69) is 21.9 Å². The average Bonchev–Trinajstić information content (AvgIpc) is 2.51. The number of unbranched alkanes of at least 4 members (excludes halogenated alkanes) is 1. The van der Waals surface area contributed by atoms with Crippen LogP contribution in [-0.2, 0) is 0 Å². The fourth-order valence-corrected chi connectivity index (χ4v) is 2.29. The first kappa shape index (κ1) is 18.0. The van der Waals surface area contributed by atoms with Crippen molar-refractivity contribution < 1.29 is 4.74 Å². The van der Waals surface area contributed by atoms with Crippen molar-refractivity contribution in [3.05, 3.63) is 29.3 Å². The summed E-state index contributed by atoms with van der Waals surface area (Å²) in [4.78, 5) is 4.18. The Balaban J connectivity index is 2.10. The molecule has 6 heteroatoms. The molecule has 0 amide bonds. The SMILES string of the molecule is CN=C(NCCCCSC)NCCOc1ccc(Cl)cc1. The lowest BCUT2D eigenvalue weighted by atomic mass is 10.3. The van der Waals surface area contributed by atoms with E-state index in [1.807, 2.05) is 36.0 Å². The van der Waals surface area contributed by atoms with Crippen molar-refractivity contribution in [1.29, 1.82) is 0 Å². The molecule has 0 aliphatic heterocycles. The molecule has 0 saturated heterocycles. The van der Waals surface area contributed by atoms with Crippen molar-refractivity contribution in [2.45, 2.75) is 12.8 Å². The first-order chi connectivity index (χ1) is 10.3. The molecule has 0 spiro atoms. The van der Waals surface area contributed by atoms with Crippen LogP contribution in [0.1, 0.15) is 12.8 Å². The number of aliphatic imine (C=N–C) groups is 1. The van der Waals surface area contributed by atoms with Crippen LogP contribution in [0.5, 0.6) is 5.75 Å². The normalized spacial score (nSPS) is 11.3. The van der Waals surface area contributed by atoms with E-state index in [9.17, 15) is 0 Å². The summed E-state index contributed by atoms with van der Waals surface area (Å²) in [5, 5.41) is 7.23. The molecule has 118 valence electrons. The molecule has 0 aromatic heterocycles. The Morgan fingerprint density at radius 2 is 1.90 bits per heavy atom. The van der Waals surface area contributed by atoms with E-state index in [1.165, 1.54) is 12.2 Å². The number of ether oxygens (including phenoxy) is 1. The summed E-state index contributed by atoms with van der Waals surface area (Å²) < 4.78 is 5.61. The first-order valence-corrected chi connectivity index (χ1v) is 8.85. The van der Waals surface area contributed by atoms with Gasteiger partial charge in [-0.25, -0.2) is 0 Å². The predicted octanol–water partition coefficient (Wildman–Crippen LogP) is 3.03. The van der Waals surface area contributed by atoms with Gasteiger partial charge in [-0.05, 0) is 49.1 Å². The summed E-state index contributed by atoms with van der Waals surface area (Å²) in [6, 6.07) is 7.36. The zero-order chi connectivity index (χ0) is 15.3. The van der Waals surface area contributed by atoms with Crippen molar-refractivity contribution in [1.82, 2.24) is 10.6 Å². The lowest BCUT2D eigenvalue weighted by Gasteiger charge is -2.12. The van der Waals surface area contributed by atoms with Crippen LogP contribution in [0, 0.1) is 0 Å². The minimum atomic E-state index is 0.578. The van der Waals surface area contributed by atoms with Gasteiger partial charge in [-0.2, -0.15) is 11.8 Å². The number of hydrogen-bond acceptors (Lipinski definition) is 3. The molecule has 0 unspecified atom stereocenters. The summed E-state index contributed by atoms with van der Waals surface area (Å²) in [6.07, 6.45) is 4.52. The van der Waals surface area contributed by atoms with E-state index in [-0.39, 0.29) is 0 Å². The van der Waals surface area contributed by atoms with Crippen LogP contribution >= 0.6 is 23.4 Å². The Morgan fingerprint density at radius 3 is 2.57 bits per heavy atom. The number of rotatable bonds is 9. The highest BCUT2D eigenvalue weighted by Gasteiger charge is 1.97. The van der Waals surface area contributed by atoms with Gasteiger partial charge >= 0.3 is 0 Å². The fraction of sp³-hybridized carbons (Fsp3) is 0.533. The molecule has 21 heavy (non-hydrogen) atoms. The Labute approximate surface area is 136 Å². The van der Waals surface area contributed by atoms with Crippen LogP contribution in [0.3, 0.4) is 0 Å². The lowest BCUT2D eigenvalue weighted by Crippen LogP contribution is -2.39. The third-order valence-corrected chi connectivity index (χ3v) is 3.72. The molecule has 0 bridgehead atoms. The maximum Gasteiger partial charge on any atom is 0.191 e. The van der Waals surface area contributed by atoms with E-state index < -0.39 is 0 Å². The second-order valence-corrected chi connectivity index (χ2v) is 5.85. The van der Waals surface area contributed by atoms with Gasteiger partial charge in [0.1, 0.15) is 12.4 Å². The van der Waals surface area contributed by atoms with Crippen LogP contribution < -0.4 is 15.4 Å². The zero-order valence-electron chi connectivity index (χ0n) is 12.7. The van der Waals surface area contributed by atoms with Gasteiger partial charge in [0.15, 0.2) is 5.96 Å². The molecule has 0 radical (unpaired) electrons.